The van der Waals surface area contributed by atoms with Gasteiger partial charge >= 0.3 is 0 Å². The molecule has 4 heteroatoms. The van der Waals surface area contributed by atoms with Gasteiger partial charge in [0.2, 0.25) is 0 Å². The summed E-state index contributed by atoms with van der Waals surface area (Å²) in [4.78, 5) is 0. The number of benzene rings is 1. The molecule has 0 aliphatic carbocycles. The standard InChI is InChI=1S/C16H20N2O2/c1-19-13-8-6-12(7-9-13)16-11-15(18-20-16)14-5-3-2-4-10-17-14/h6-9,11,14,17H,2-5,10H2,1H3. The second-order valence-corrected chi connectivity index (χ2v) is 5.20. The number of nitrogens with one attached hydrogen (secondary N) is 1. The molecule has 1 saturated heterocycles. The molecule has 0 amide bonds. The third-order valence-corrected chi connectivity index (χ3v) is 3.82. The van der Waals surface area contributed by atoms with Gasteiger partial charge in [-0.15, -0.1) is 0 Å². The minimum absolute atomic E-state index is 0.327. The Bertz CT molecular complexity index is 540. The van der Waals surface area contributed by atoms with E-state index in [0.29, 0.717) is 6.04 Å². The average Bonchev–Trinajstić information content (AvgIpc) is 2.83. The lowest BCUT2D eigenvalue weighted by molar-refractivity contribution is 0.402. The second kappa shape index (κ2) is 6.09. The summed E-state index contributed by atoms with van der Waals surface area (Å²) in [6.07, 6.45) is 4.93. The maximum atomic E-state index is 5.49. The molecule has 1 aliphatic rings. The highest BCUT2D eigenvalue weighted by Crippen LogP contribution is 2.27. The zero-order valence-corrected chi connectivity index (χ0v) is 11.8. The van der Waals surface area contributed by atoms with Crippen molar-refractivity contribution in [2.75, 3.05) is 13.7 Å². The highest BCUT2D eigenvalue weighted by Gasteiger charge is 2.18. The topological polar surface area (TPSA) is 47.3 Å². The number of hydrogen-bond acceptors (Lipinski definition) is 4. The molecule has 106 valence electrons. The Morgan fingerprint density at radius 2 is 2.05 bits per heavy atom. The fraction of sp³-hybridized carbons (Fsp3) is 0.438. The van der Waals surface area contributed by atoms with E-state index in [-0.39, 0.29) is 0 Å². The first kappa shape index (κ1) is 13.2. The Kier molecular flexibility index (Phi) is 4.02. The van der Waals surface area contributed by atoms with Crippen LogP contribution in [-0.2, 0) is 0 Å². The van der Waals surface area contributed by atoms with Gasteiger partial charge < -0.3 is 14.6 Å². The number of ether oxygens (including phenoxy) is 1. The van der Waals surface area contributed by atoms with Crippen LogP contribution in [-0.4, -0.2) is 18.8 Å². The predicted molar refractivity (Wildman–Crippen MR) is 77.7 cm³/mol. The molecule has 0 bridgehead atoms. The van der Waals surface area contributed by atoms with E-state index in [0.717, 1.165) is 35.7 Å². The lowest BCUT2D eigenvalue weighted by Crippen LogP contribution is -2.20. The van der Waals surface area contributed by atoms with Crippen LogP contribution in [0.2, 0.25) is 0 Å². The van der Waals surface area contributed by atoms with Gasteiger partial charge in [-0.3, -0.25) is 0 Å². The largest absolute Gasteiger partial charge is 0.497 e. The van der Waals surface area contributed by atoms with Crippen LogP contribution in [0, 0.1) is 0 Å². The maximum absolute atomic E-state index is 5.49. The first-order valence-electron chi connectivity index (χ1n) is 7.21. The van der Waals surface area contributed by atoms with E-state index < -0.39 is 0 Å². The van der Waals surface area contributed by atoms with Crippen molar-refractivity contribution in [1.82, 2.24) is 10.5 Å². The van der Waals surface area contributed by atoms with Crippen molar-refractivity contribution in [2.45, 2.75) is 31.7 Å². The Labute approximate surface area is 119 Å². The van der Waals surface area contributed by atoms with Crippen molar-refractivity contribution in [1.29, 1.82) is 0 Å². The van der Waals surface area contributed by atoms with Gasteiger partial charge in [-0.2, -0.15) is 0 Å². The molecule has 0 spiro atoms. The number of aromatic nitrogens is 1. The Morgan fingerprint density at radius 3 is 2.85 bits per heavy atom. The van der Waals surface area contributed by atoms with Gasteiger partial charge in [0.25, 0.3) is 0 Å². The van der Waals surface area contributed by atoms with Crippen molar-refractivity contribution in [2.24, 2.45) is 0 Å². The molecule has 1 aliphatic heterocycles. The van der Waals surface area contributed by atoms with E-state index >= 15 is 0 Å². The average molecular weight is 272 g/mol. The lowest BCUT2D eigenvalue weighted by atomic mass is 10.1. The van der Waals surface area contributed by atoms with Crippen molar-refractivity contribution in [3.63, 3.8) is 0 Å². The summed E-state index contributed by atoms with van der Waals surface area (Å²) in [5.41, 5.74) is 2.04. The normalized spacial score (nSPS) is 19.6. The molecule has 1 N–H and O–H groups in total. The zero-order valence-electron chi connectivity index (χ0n) is 11.8. The summed E-state index contributed by atoms with van der Waals surface area (Å²) in [5, 5.41) is 7.77. The molecule has 2 aromatic rings. The molecule has 1 aromatic heterocycles. The van der Waals surface area contributed by atoms with Crippen molar-refractivity contribution < 1.29 is 9.26 Å². The smallest absolute Gasteiger partial charge is 0.167 e. The molecular formula is C16H20N2O2. The van der Waals surface area contributed by atoms with Crippen LogP contribution in [0.4, 0.5) is 0 Å². The van der Waals surface area contributed by atoms with E-state index in [1.807, 2.05) is 30.3 Å². The van der Waals surface area contributed by atoms with Crippen LogP contribution in [0.25, 0.3) is 11.3 Å². The second-order valence-electron chi connectivity index (χ2n) is 5.20. The summed E-state index contributed by atoms with van der Waals surface area (Å²) in [6, 6.07) is 10.2. The van der Waals surface area contributed by atoms with Crippen LogP contribution in [0.3, 0.4) is 0 Å². The van der Waals surface area contributed by atoms with Gasteiger partial charge in [-0.05, 0) is 43.7 Å². The highest BCUT2D eigenvalue weighted by atomic mass is 16.5. The van der Waals surface area contributed by atoms with Crippen LogP contribution in [0.1, 0.15) is 37.4 Å². The third kappa shape index (κ3) is 2.85. The quantitative estimate of drug-likeness (QED) is 0.928. The first-order valence-corrected chi connectivity index (χ1v) is 7.21. The van der Waals surface area contributed by atoms with E-state index in [9.17, 15) is 0 Å². The molecule has 4 nitrogen and oxygen atoms in total. The van der Waals surface area contributed by atoms with Crippen LogP contribution in [0.5, 0.6) is 5.75 Å². The van der Waals surface area contributed by atoms with Crippen molar-refractivity contribution >= 4 is 0 Å². The SMILES string of the molecule is COc1ccc(-c2cc(C3CCCCCN3)no2)cc1. The first-order chi connectivity index (χ1) is 9.86. The molecule has 0 radical (unpaired) electrons. The van der Waals surface area contributed by atoms with Gasteiger partial charge in [-0.25, -0.2) is 0 Å². The molecule has 1 aromatic carbocycles. The van der Waals surface area contributed by atoms with Crippen LogP contribution < -0.4 is 10.1 Å². The Balaban J connectivity index is 1.78. The fourth-order valence-electron chi connectivity index (χ4n) is 2.63. The minimum Gasteiger partial charge on any atom is -0.497 e. The van der Waals surface area contributed by atoms with Gasteiger partial charge in [-0.1, -0.05) is 18.0 Å². The monoisotopic (exact) mass is 272 g/mol. The maximum Gasteiger partial charge on any atom is 0.167 e. The van der Waals surface area contributed by atoms with Crippen molar-refractivity contribution in [3.05, 3.63) is 36.0 Å². The van der Waals surface area contributed by atoms with E-state index in [2.05, 4.69) is 10.5 Å². The molecule has 2 heterocycles. The molecule has 3 rings (SSSR count). The number of rotatable bonds is 3. The number of nitrogens with zero attached hydrogens (tertiary/aromatic N) is 1. The summed E-state index contributed by atoms with van der Waals surface area (Å²) in [7, 11) is 1.67. The Hall–Kier alpha value is -1.81. The molecule has 1 fully saturated rings. The molecule has 1 atom stereocenters. The summed E-state index contributed by atoms with van der Waals surface area (Å²) in [5.74, 6) is 1.66. The van der Waals surface area contributed by atoms with E-state index in [1.54, 1.807) is 7.11 Å². The summed E-state index contributed by atoms with van der Waals surface area (Å²) < 4.78 is 10.7. The van der Waals surface area contributed by atoms with Gasteiger partial charge in [0, 0.05) is 11.6 Å². The van der Waals surface area contributed by atoms with Gasteiger partial charge in [0.05, 0.1) is 13.2 Å². The predicted octanol–water partition coefficient (Wildman–Crippen LogP) is 3.55. The minimum atomic E-state index is 0.327. The zero-order chi connectivity index (χ0) is 13.8. The van der Waals surface area contributed by atoms with Gasteiger partial charge in [0.15, 0.2) is 5.76 Å². The number of hydrogen-bond donors (Lipinski definition) is 1. The lowest BCUT2D eigenvalue weighted by Gasteiger charge is -2.11. The third-order valence-electron chi connectivity index (χ3n) is 3.82. The molecular weight excluding hydrogens is 252 g/mol. The van der Waals surface area contributed by atoms with Crippen LogP contribution in [0.15, 0.2) is 34.9 Å². The van der Waals surface area contributed by atoms with Crippen LogP contribution >= 0.6 is 0 Å². The number of methoxy groups -OCH3 is 1. The summed E-state index contributed by atoms with van der Waals surface area (Å²) >= 11 is 0. The van der Waals surface area contributed by atoms with E-state index in [4.69, 9.17) is 9.26 Å². The fourth-order valence-corrected chi connectivity index (χ4v) is 2.63. The van der Waals surface area contributed by atoms with Crippen molar-refractivity contribution in [3.8, 4) is 17.1 Å². The Morgan fingerprint density at radius 1 is 1.20 bits per heavy atom. The molecule has 20 heavy (non-hydrogen) atoms. The highest BCUT2D eigenvalue weighted by molar-refractivity contribution is 5.58. The summed E-state index contributed by atoms with van der Waals surface area (Å²) in [6.45, 7) is 1.06. The van der Waals surface area contributed by atoms with E-state index in [1.165, 1.54) is 19.3 Å². The van der Waals surface area contributed by atoms with Gasteiger partial charge in [0.1, 0.15) is 11.4 Å². The molecule has 0 saturated carbocycles. The molecule has 1 unspecified atom stereocenters.